The number of nitrogens with two attached hydrogens (primary N) is 1. The van der Waals surface area contributed by atoms with Gasteiger partial charge in [-0.15, -0.1) is 0 Å². The molecule has 1 nitrogen and oxygen atoms in total. The first kappa shape index (κ1) is 17.3. The molecule has 0 aliphatic rings. The van der Waals surface area contributed by atoms with E-state index in [1.165, 1.54) is 70.0 Å². The maximum atomic E-state index is 6.07. The molecule has 0 heterocycles. The fourth-order valence-electron chi connectivity index (χ4n) is 2.00. The normalized spacial score (nSPS) is 12.9. The van der Waals surface area contributed by atoms with Gasteiger partial charge >= 0.3 is 0 Å². The maximum Gasteiger partial charge on any atom is 0.0130 e. The highest BCUT2D eigenvalue weighted by Gasteiger charge is 2.01. The fourth-order valence-corrected chi connectivity index (χ4v) is 2.93. The van der Waals surface area contributed by atoms with Gasteiger partial charge in [-0.3, -0.25) is 0 Å². The maximum absolute atomic E-state index is 6.07. The molecular formula is C15H33NS. The molecule has 0 rings (SSSR count). The number of thioether (sulfide) groups is 1. The van der Waals surface area contributed by atoms with Gasteiger partial charge in [-0.2, -0.15) is 11.8 Å². The lowest BCUT2D eigenvalue weighted by atomic mass is 10.1. The van der Waals surface area contributed by atoms with E-state index in [-0.39, 0.29) is 0 Å². The molecule has 1 atom stereocenters. The molecule has 0 amide bonds. The molecule has 0 saturated heterocycles. The van der Waals surface area contributed by atoms with E-state index >= 15 is 0 Å². The van der Waals surface area contributed by atoms with Crippen molar-refractivity contribution in [3.05, 3.63) is 0 Å². The molecule has 1 unspecified atom stereocenters. The highest BCUT2D eigenvalue weighted by molar-refractivity contribution is 7.99. The van der Waals surface area contributed by atoms with E-state index in [4.69, 9.17) is 5.73 Å². The monoisotopic (exact) mass is 259 g/mol. The lowest BCUT2D eigenvalue weighted by Gasteiger charge is -2.10. The van der Waals surface area contributed by atoms with E-state index in [1.54, 1.807) is 0 Å². The molecule has 0 aromatic carbocycles. The van der Waals surface area contributed by atoms with Crippen molar-refractivity contribution in [2.45, 2.75) is 84.1 Å². The predicted molar refractivity (Wildman–Crippen MR) is 82.8 cm³/mol. The van der Waals surface area contributed by atoms with Gasteiger partial charge < -0.3 is 5.73 Å². The van der Waals surface area contributed by atoms with E-state index in [0.717, 1.165) is 5.75 Å². The molecule has 0 aromatic heterocycles. The Kier molecular flexibility index (Phi) is 14.6. The Hall–Kier alpha value is 0.310. The molecule has 0 spiro atoms. The number of hydrogen-bond acceptors (Lipinski definition) is 2. The number of rotatable bonds is 13. The first-order valence-corrected chi connectivity index (χ1v) is 8.80. The van der Waals surface area contributed by atoms with Crippen molar-refractivity contribution in [1.82, 2.24) is 0 Å². The topological polar surface area (TPSA) is 26.0 Å². The minimum absolute atomic E-state index is 0.437. The van der Waals surface area contributed by atoms with Gasteiger partial charge in [0.15, 0.2) is 0 Å². The lowest BCUT2D eigenvalue weighted by molar-refractivity contribution is 0.543. The molecule has 0 saturated carbocycles. The summed E-state index contributed by atoms with van der Waals surface area (Å²) >= 11 is 2.01. The first-order valence-electron chi connectivity index (χ1n) is 7.64. The zero-order valence-corrected chi connectivity index (χ0v) is 12.9. The van der Waals surface area contributed by atoms with Crippen molar-refractivity contribution in [2.75, 3.05) is 11.5 Å². The molecule has 0 bridgehead atoms. The average Bonchev–Trinajstić information content (AvgIpc) is 2.33. The highest BCUT2D eigenvalue weighted by atomic mass is 32.2. The second-order valence-corrected chi connectivity index (χ2v) is 6.25. The SMILES string of the molecule is CCCCCCCCCCC(N)CSCCC. The molecule has 0 aliphatic carbocycles. The molecule has 104 valence electrons. The number of hydrogen-bond donors (Lipinski definition) is 1. The smallest absolute Gasteiger partial charge is 0.0130 e. The summed E-state index contributed by atoms with van der Waals surface area (Å²) in [6.07, 6.45) is 13.7. The van der Waals surface area contributed by atoms with Crippen LogP contribution in [0, 0.1) is 0 Å². The van der Waals surface area contributed by atoms with Crippen molar-refractivity contribution in [3.8, 4) is 0 Å². The first-order chi connectivity index (χ1) is 8.31. The third kappa shape index (κ3) is 14.2. The molecule has 2 heteroatoms. The van der Waals surface area contributed by atoms with Crippen LogP contribution in [0.5, 0.6) is 0 Å². The summed E-state index contributed by atoms with van der Waals surface area (Å²) in [5.41, 5.74) is 6.07. The van der Waals surface area contributed by atoms with Crippen molar-refractivity contribution < 1.29 is 0 Å². The average molecular weight is 260 g/mol. The Morgan fingerprint density at radius 3 is 2.00 bits per heavy atom. The van der Waals surface area contributed by atoms with Gasteiger partial charge in [0.1, 0.15) is 0 Å². The van der Waals surface area contributed by atoms with Gasteiger partial charge in [0.05, 0.1) is 0 Å². The molecular weight excluding hydrogens is 226 g/mol. The van der Waals surface area contributed by atoms with E-state index < -0.39 is 0 Å². The molecule has 17 heavy (non-hydrogen) atoms. The molecule has 0 fully saturated rings. The second kappa shape index (κ2) is 14.4. The van der Waals surface area contributed by atoms with Gasteiger partial charge in [-0.1, -0.05) is 65.2 Å². The van der Waals surface area contributed by atoms with Crippen LogP contribution in [0.15, 0.2) is 0 Å². The van der Waals surface area contributed by atoms with Crippen LogP contribution in [0.4, 0.5) is 0 Å². The molecule has 0 radical (unpaired) electrons. The van der Waals surface area contributed by atoms with Crippen molar-refractivity contribution in [3.63, 3.8) is 0 Å². The summed E-state index contributed by atoms with van der Waals surface area (Å²) in [6, 6.07) is 0.437. The van der Waals surface area contributed by atoms with Gasteiger partial charge in [-0.25, -0.2) is 0 Å². The van der Waals surface area contributed by atoms with Crippen LogP contribution < -0.4 is 5.73 Å². The third-order valence-electron chi connectivity index (χ3n) is 3.11. The Balaban J connectivity index is 3.05. The summed E-state index contributed by atoms with van der Waals surface area (Å²) in [4.78, 5) is 0. The van der Waals surface area contributed by atoms with Crippen LogP contribution in [0.25, 0.3) is 0 Å². The zero-order chi connectivity index (χ0) is 12.8. The zero-order valence-electron chi connectivity index (χ0n) is 12.0. The van der Waals surface area contributed by atoms with Crippen LogP contribution in [0.2, 0.25) is 0 Å². The van der Waals surface area contributed by atoms with Crippen LogP contribution in [-0.4, -0.2) is 17.5 Å². The largest absolute Gasteiger partial charge is 0.327 e. The molecule has 0 aromatic rings. The fraction of sp³-hybridized carbons (Fsp3) is 1.00. The lowest BCUT2D eigenvalue weighted by Crippen LogP contribution is -2.22. The summed E-state index contributed by atoms with van der Waals surface area (Å²) in [5, 5.41) is 0. The second-order valence-electron chi connectivity index (χ2n) is 5.10. The van der Waals surface area contributed by atoms with Crippen LogP contribution in [0.1, 0.15) is 78.1 Å². The highest BCUT2D eigenvalue weighted by Crippen LogP contribution is 2.12. The third-order valence-corrected chi connectivity index (χ3v) is 4.47. The quantitative estimate of drug-likeness (QED) is 0.472. The van der Waals surface area contributed by atoms with Gasteiger partial charge in [0.25, 0.3) is 0 Å². The Morgan fingerprint density at radius 2 is 1.41 bits per heavy atom. The Morgan fingerprint density at radius 1 is 0.824 bits per heavy atom. The van der Waals surface area contributed by atoms with Gasteiger partial charge in [-0.05, 0) is 18.6 Å². The van der Waals surface area contributed by atoms with Crippen LogP contribution in [0.3, 0.4) is 0 Å². The summed E-state index contributed by atoms with van der Waals surface area (Å²) < 4.78 is 0. The van der Waals surface area contributed by atoms with Crippen molar-refractivity contribution in [2.24, 2.45) is 5.73 Å². The molecule has 2 N–H and O–H groups in total. The summed E-state index contributed by atoms with van der Waals surface area (Å²) in [5.74, 6) is 2.43. The van der Waals surface area contributed by atoms with Gasteiger partial charge in [0, 0.05) is 11.8 Å². The van der Waals surface area contributed by atoms with Crippen molar-refractivity contribution >= 4 is 11.8 Å². The summed E-state index contributed by atoms with van der Waals surface area (Å²) in [7, 11) is 0. The van der Waals surface area contributed by atoms with E-state index in [9.17, 15) is 0 Å². The van der Waals surface area contributed by atoms with Crippen LogP contribution in [-0.2, 0) is 0 Å². The Labute approximate surface area is 113 Å². The van der Waals surface area contributed by atoms with Crippen molar-refractivity contribution in [1.29, 1.82) is 0 Å². The predicted octanol–water partition coefficient (Wildman–Crippen LogP) is 4.99. The summed E-state index contributed by atoms with van der Waals surface area (Å²) in [6.45, 7) is 4.51. The minimum Gasteiger partial charge on any atom is -0.327 e. The standard InChI is InChI=1S/C15H33NS/c1-3-5-6-7-8-9-10-11-12-15(16)14-17-13-4-2/h15H,3-14,16H2,1-2H3. The molecule has 0 aliphatic heterocycles. The number of unbranched alkanes of at least 4 members (excludes halogenated alkanes) is 7. The van der Waals surface area contributed by atoms with E-state index in [1.807, 2.05) is 11.8 Å². The van der Waals surface area contributed by atoms with Crippen LogP contribution >= 0.6 is 11.8 Å². The van der Waals surface area contributed by atoms with Gasteiger partial charge in [0.2, 0.25) is 0 Å². The van der Waals surface area contributed by atoms with E-state index in [0.29, 0.717) is 6.04 Å². The Bertz CT molecular complexity index is 139. The van der Waals surface area contributed by atoms with E-state index in [2.05, 4.69) is 13.8 Å². The minimum atomic E-state index is 0.437.